The Balaban J connectivity index is 1.98. The van der Waals surface area contributed by atoms with E-state index in [-0.39, 0.29) is 0 Å². The lowest BCUT2D eigenvalue weighted by molar-refractivity contribution is 0.1000. The molecular weight excluding hydrogens is 214 g/mol. The summed E-state index contributed by atoms with van der Waals surface area (Å²) in [5.41, 5.74) is 6.03. The number of hydrogen-bond acceptors (Lipinski definition) is 3. The van der Waals surface area contributed by atoms with Crippen LogP contribution >= 0.6 is 0 Å². The summed E-state index contributed by atoms with van der Waals surface area (Å²) < 4.78 is 0. The average molecular weight is 233 g/mol. The lowest BCUT2D eigenvalue weighted by Crippen LogP contribution is -2.18. The third-order valence-corrected chi connectivity index (χ3v) is 3.37. The molecular formula is C13H19N3O. The molecule has 0 bridgehead atoms. The molecule has 0 aromatic carbocycles. The van der Waals surface area contributed by atoms with Crippen molar-refractivity contribution < 1.29 is 4.79 Å². The van der Waals surface area contributed by atoms with Crippen molar-refractivity contribution in [3.05, 3.63) is 23.9 Å². The summed E-state index contributed by atoms with van der Waals surface area (Å²) in [5.74, 6) is 0.378. The first kappa shape index (κ1) is 11.9. The second-order valence-electron chi connectivity index (χ2n) is 5.54. The fraction of sp³-hybridized carbons (Fsp3) is 0.538. The molecule has 1 unspecified atom stereocenters. The minimum absolute atomic E-state index is 0.421. The number of carbonyl (C=O) groups is 1. The smallest absolute Gasteiger partial charge is 0.250 e. The Labute approximate surface area is 102 Å². The van der Waals surface area contributed by atoms with Crippen LogP contribution in [0.25, 0.3) is 0 Å². The van der Waals surface area contributed by atoms with Gasteiger partial charge in [-0.05, 0) is 36.8 Å². The van der Waals surface area contributed by atoms with Crippen molar-refractivity contribution in [3.63, 3.8) is 0 Å². The molecule has 1 amide bonds. The summed E-state index contributed by atoms with van der Waals surface area (Å²) in [6, 6.07) is 4.00. The lowest BCUT2D eigenvalue weighted by atomic mass is 9.92. The summed E-state index contributed by atoms with van der Waals surface area (Å²) in [6.45, 7) is 4.58. The SMILES string of the molecule is CC1(C)CCC(Nc2ccc(C(N)=O)cn2)C1. The van der Waals surface area contributed by atoms with Gasteiger partial charge in [-0.15, -0.1) is 0 Å². The van der Waals surface area contributed by atoms with E-state index in [1.165, 1.54) is 19.0 Å². The minimum Gasteiger partial charge on any atom is -0.367 e. The van der Waals surface area contributed by atoms with Crippen LogP contribution in [-0.2, 0) is 0 Å². The maximum absolute atomic E-state index is 10.9. The Hall–Kier alpha value is -1.58. The molecule has 1 atom stereocenters. The fourth-order valence-electron chi connectivity index (χ4n) is 2.39. The van der Waals surface area contributed by atoms with Gasteiger partial charge in [0, 0.05) is 12.2 Å². The number of amides is 1. The highest BCUT2D eigenvalue weighted by Gasteiger charge is 2.30. The van der Waals surface area contributed by atoms with Crippen molar-refractivity contribution in [2.24, 2.45) is 11.1 Å². The molecule has 1 saturated carbocycles. The van der Waals surface area contributed by atoms with E-state index in [1.54, 1.807) is 6.07 Å². The first-order valence-electron chi connectivity index (χ1n) is 5.99. The van der Waals surface area contributed by atoms with Crippen LogP contribution in [0.2, 0.25) is 0 Å². The molecule has 92 valence electrons. The van der Waals surface area contributed by atoms with Gasteiger partial charge in [-0.1, -0.05) is 13.8 Å². The van der Waals surface area contributed by atoms with Gasteiger partial charge < -0.3 is 11.1 Å². The van der Waals surface area contributed by atoms with Crippen LogP contribution in [0.4, 0.5) is 5.82 Å². The summed E-state index contributed by atoms with van der Waals surface area (Å²) in [6.07, 6.45) is 5.09. The molecule has 17 heavy (non-hydrogen) atoms. The highest BCUT2D eigenvalue weighted by atomic mass is 16.1. The van der Waals surface area contributed by atoms with Crippen molar-refractivity contribution in [3.8, 4) is 0 Å². The molecule has 1 aromatic heterocycles. The van der Waals surface area contributed by atoms with Gasteiger partial charge in [0.2, 0.25) is 5.91 Å². The zero-order valence-electron chi connectivity index (χ0n) is 10.4. The van der Waals surface area contributed by atoms with Crippen LogP contribution in [-0.4, -0.2) is 16.9 Å². The Kier molecular flexibility index (Phi) is 3.05. The van der Waals surface area contributed by atoms with Crippen molar-refractivity contribution in [2.45, 2.75) is 39.2 Å². The zero-order chi connectivity index (χ0) is 12.5. The maximum Gasteiger partial charge on any atom is 0.250 e. The Morgan fingerprint density at radius 3 is 2.76 bits per heavy atom. The molecule has 0 radical (unpaired) electrons. The van der Waals surface area contributed by atoms with Crippen molar-refractivity contribution in [1.29, 1.82) is 0 Å². The van der Waals surface area contributed by atoms with Crippen molar-refractivity contribution in [2.75, 3.05) is 5.32 Å². The standard InChI is InChI=1S/C13H19N3O/c1-13(2)6-5-10(7-13)16-11-4-3-9(8-15-11)12(14)17/h3-4,8,10H,5-7H2,1-2H3,(H2,14,17)(H,15,16). The van der Waals surface area contributed by atoms with Crippen LogP contribution < -0.4 is 11.1 Å². The van der Waals surface area contributed by atoms with Gasteiger partial charge in [-0.2, -0.15) is 0 Å². The van der Waals surface area contributed by atoms with Gasteiger partial charge in [0.1, 0.15) is 5.82 Å². The summed E-state index contributed by atoms with van der Waals surface area (Å²) in [4.78, 5) is 15.1. The van der Waals surface area contributed by atoms with Gasteiger partial charge >= 0.3 is 0 Å². The van der Waals surface area contributed by atoms with E-state index in [4.69, 9.17) is 5.73 Å². The number of primary amides is 1. The number of rotatable bonds is 3. The Bertz CT molecular complexity index is 411. The fourth-order valence-corrected chi connectivity index (χ4v) is 2.39. The molecule has 4 nitrogen and oxygen atoms in total. The van der Waals surface area contributed by atoms with E-state index in [0.717, 1.165) is 12.2 Å². The van der Waals surface area contributed by atoms with Crippen molar-refractivity contribution >= 4 is 11.7 Å². The summed E-state index contributed by atoms with van der Waals surface area (Å²) >= 11 is 0. The first-order valence-corrected chi connectivity index (χ1v) is 5.99. The Morgan fingerprint density at radius 2 is 2.29 bits per heavy atom. The molecule has 0 spiro atoms. The molecule has 1 heterocycles. The van der Waals surface area contributed by atoms with E-state index >= 15 is 0 Å². The van der Waals surface area contributed by atoms with Crippen LogP contribution in [0.1, 0.15) is 43.5 Å². The monoisotopic (exact) mass is 233 g/mol. The molecule has 3 N–H and O–H groups in total. The molecule has 4 heteroatoms. The third kappa shape index (κ3) is 2.96. The van der Waals surface area contributed by atoms with E-state index in [1.807, 2.05) is 6.07 Å². The average Bonchev–Trinajstić information content (AvgIpc) is 2.59. The van der Waals surface area contributed by atoms with Crippen LogP contribution in [0.3, 0.4) is 0 Å². The van der Waals surface area contributed by atoms with Crippen LogP contribution in [0, 0.1) is 5.41 Å². The molecule has 1 aliphatic carbocycles. The van der Waals surface area contributed by atoms with Gasteiger partial charge in [0.15, 0.2) is 0 Å². The second-order valence-corrected chi connectivity index (χ2v) is 5.54. The normalized spacial score (nSPS) is 22.4. The number of nitrogens with one attached hydrogen (secondary N) is 1. The molecule has 1 fully saturated rings. The Morgan fingerprint density at radius 1 is 1.53 bits per heavy atom. The van der Waals surface area contributed by atoms with Gasteiger partial charge in [-0.25, -0.2) is 4.98 Å². The number of pyridine rings is 1. The highest BCUT2D eigenvalue weighted by Crippen LogP contribution is 2.37. The van der Waals surface area contributed by atoms with E-state index in [2.05, 4.69) is 24.1 Å². The van der Waals surface area contributed by atoms with Gasteiger partial charge in [0.25, 0.3) is 0 Å². The topological polar surface area (TPSA) is 68.0 Å². The predicted octanol–water partition coefficient (Wildman–Crippen LogP) is 2.17. The molecule has 0 aliphatic heterocycles. The summed E-state index contributed by atoms with van der Waals surface area (Å²) in [5, 5.41) is 3.40. The van der Waals surface area contributed by atoms with E-state index < -0.39 is 5.91 Å². The predicted molar refractivity (Wildman–Crippen MR) is 67.8 cm³/mol. The van der Waals surface area contributed by atoms with Gasteiger partial charge in [-0.3, -0.25) is 4.79 Å². The number of nitrogens with zero attached hydrogens (tertiary/aromatic N) is 1. The van der Waals surface area contributed by atoms with Crippen LogP contribution in [0.5, 0.6) is 0 Å². The molecule has 1 aromatic rings. The summed E-state index contributed by atoms with van der Waals surface area (Å²) in [7, 11) is 0. The lowest BCUT2D eigenvalue weighted by Gasteiger charge is -2.18. The number of anilines is 1. The largest absolute Gasteiger partial charge is 0.367 e. The second kappa shape index (κ2) is 4.35. The van der Waals surface area contributed by atoms with Gasteiger partial charge in [0.05, 0.1) is 5.56 Å². The molecule has 0 saturated heterocycles. The van der Waals surface area contributed by atoms with Crippen LogP contribution in [0.15, 0.2) is 18.3 Å². The number of nitrogens with two attached hydrogens (primary N) is 1. The highest BCUT2D eigenvalue weighted by molar-refractivity contribution is 5.92. The first-order chi connectivity index (χ1) is 7.96. The zero-order valence-corrected chi connectivity index (χ0v) is 10.4. The molecule has 2 rings (SSSR count). The van der Waals surface area contributed by atoms with E-state index in [0.29, 0.717) is 17.0 Å². The maximum atomic E-state index is 10.9. The molecule has 1 aliphatic rings. The third-order valence-electron chi connectivity index (χ3n) is 3.37. The van der Waals surface area contributed by atoms with E-state index in [9.17, 15) is 4.79 Å². The number of hydrogen-bond donors (Lipinski definition) is 2. The number of aromatic nitrogens is 1. The number of carbonyl (C=O) groups excluding carboxylic acids is 1. The quantitative estimate of drug-likeness (QED) is 0.840. The van der Waals surface area contributed by atoms with Crippen molar-refractivity contribution in [1.82, 2.24) is 4.98 Å². The minimum atomic E-state index is -0.439.